The Morgan fingerprint density at radius 3 is 2.85 bits per heavy atom. The maximum Gasteiger partial charge on any atom is 0.274 e. The highest BCUT2D eigenvalue weighted by Gasteiger charge is 2.16. The van der Waals surface area contributed by atoms with E-state index in [0.29, 0.717) is 17.2 Å². The van der Waals surface area contributed by atoms with Crippen LogP contribution in [0.5, 0.6) is 0 Å². The van der Waals surface area contributed by atoms with Crippen molar-refractivity contribution in [3.05, 3.63) is 51.1 Å². The van der Waals surface area contributed by atoms with Gasteiger partial charge in [-0.3, -0.25) is 10.1 Å². The minimum atomic E-state index is -0.185. The molecular formula is C18H18N6OS2. The number of carbonyl (C=O) groups is 1. The van der Waals surface area contributed by atoms with Crippen LogP contribution in [0.15, 0.2) is 23.6 Å². The summed E-state index contributed by atoms with van der Waals surface area (Å²) in [5.74, 6) is -0.185. The van der Waals surface area contributed by atoms with E-state index in [0.717, 1.165) is 32.3 Å². The first kappa shape index (κ1) is 17.6. The van der Waals surface area contributed by atoms with E-state index in [1.165, 1.54) is 28.2 Å². The molecule has 1 amide bonds. The van der Waals surface area contributed by atoms with Crippen LogP contribution in [0, 0.1) is 13.8 Å². The number of aryl methyl sites for hydroxylation is 2. The summed E-state index contributed by atoms with van der Waals surface area (Å²) in [7, 11) is 1.81. The van der Waals surface area contributed by atoms with E-state index >= 15 is 0 Å². The number of anilines is 2. The number of fused-ring (bicyclic) bond motifs is 1. The molecular weight excluding hydrogens is 380 g/mol. The second kappa shape index (κ2) is 7.09. The van der Waals surface area contributed by atoms with Gasteiger partial charge in [0.15, 0.2) is 5.13 Å². The minimum absolute atomic E-state index is 0.185. The normalized spacial score (nSPS) is 11.1. The van der Waals surface area contributed by atoms with Crippen molar-refractivity contribution in [2.45, 2.75) is 20.3 Å². The molecule has 27 heavy (non-hydrogen) atoms. The van der Waals surface area contributed by atoms with Crippen molar-refractivity contribution in [2.75, 3.05) is 17.7 Å². The lowest BCUT2D eigenvalue weighted by atomic mass is 10.1. The summed E-state index contributed by atoms with van der Waals surface area (Å²) in [6.45, 7) is 4.00. The monoisotopic (exact) mass is 398 g/mol. The van der Waals surface area contributed by atoms with Crippen molar-refractivity contribution in [2.24, 2.45) is 0 Å². The zero-order valence-electron chi connectivity index (χ0n) is 15.1. The second-order valence-corrected chi connectivity index (χ2v) is 8.12. The van der Waals surface area contributed by atoms with Crippen LogP contribution in [-0.2, 0) is 6.42 Å². The Balaban J connectivity index is 1.50. The molecule has 0 aliphatic carbocycles. The van der Waals surface area contributed by atoms with E-state index in [9.17, 15) is 4.79 Å². The van der Waals surface area contributed by atoms with Gasteiger partial charge in [-0.15, -0.1) is 21.5 Å². The number of thiazole rings is 1. The van der Waals surface area contributed by atoms with Crippen LogP contribution in [0.4, 0.5) is 10.3 Å². The first-order valence-electron chi connectivity index (χ1n) is 8.38. The molecule has 9 heteroatoms. The molecule has 1 aromatic carbocycles. The maximum absolute atomic E-state index is 12.7. The van der Waals surface area contributed by atoms with Gasteiger partial charge in [0.25, 0.3) is 5.91 Å². The van der Waals surface area contributed by atoms with E-state index in [-0.39, 0.29) is 5.91 Å². The van der Waals surface area contributed by atoms with Crippen molar-refractivity contribution in [1.29, 1.82) is 0 Å². The van der Waals surface area contributed by atoms with Crippen molar-refractivity contribution in [3.8, 4) is 0 Å². The molecule has 0 radical (unpaired) electrons. The van der Waals surface area contributed by atoms with Gasteiger partial charge in [0.1, 0.15) is 10.7 Å². The van der Waals surface area contributed by atoms with Gasteiger partial charge in [-0.1, -0.05) is 23.0 Å². The van der Waals surface area contributed by atoms with Crippen molar-refractivity contribution in [3.63, 3.8) is 0 Å². The molecule has 4 aromatic rings. The van der Waals surface area contributed by atoms with Gasteiger partial charge in [0.05, 0.1) is 5.69 Å². The fraction of sp³-hybridized carbons (Fsp3) is 0.222. The second-order valence-electron chi connectivity index (χ2n) is 6.20. The van der Waals surface area contributed by atoms with Gasteiger partial charge >= 0.3 is 0 Å². The molecule has 4 rings (SSSR count). The minimum Gasteiger partial charge on any atom is -0.363 e. The molecule has 0 spiro atoms. The van der Waals surface area contributed by atoms with Gasteiger partial charge in [-0.05, 0) is 31.5 Å². The first-order chi connectivity index (χ1) is 13.0. The van der Waals surface area contributed by atoms with Gasteiger partial charge < -0.3 is 10.3 Å². The van der Waals surface area contributed by atoms with Crippen LogP contribution in [0.25, 0.3) is 10.9 Å². The summed E-state index contributed by atoms with van der Waals surface area (Å²) >= 11 is 2.90. The van der Waals surface area contributed by atoms with Crippen LogP contribution in [0.1, 0.15) is 32.3 Å². The Kier molecular flexibility index (Phi) is 4.63. The lowest BCUT2D eigenvalue weighted by molar-refractivity contribution is 0.102. The molecule has 0 aliphatic rings. The molecule has 138 valence electrons. The van der Waals surface area contributed by atoms with E-state index in [4.69, 9.17) is 0 Å². The summed E-state index contributed by atoms with van der Waals surface area (Å²) in [6, 6.07) is 6.11. The molecule has 0 atom stereocenters. The highest BCUT2D eigenvalue weighted by molar-refractivity contribution is 7.15. The Labute approximate surface area is 163 Å². The Bertz CT molecular complexity index is 1130. The Morgan fingerprint density at radius 2 is 2.07 bits per heavy atom. The van der Waals surface area contributed by atoms with Gasteiger partial charge in [0, 0.05) is 29.8 Å². The topological polar surface area (TPSA) is 95.6 Å². The van der Waals surface area contributed by atoms with E-state index < -0.39 is 0 Å². The molecule has 0 aliphatic heterocycles. The van der Waals surface area contributed by atoms with Crippen LogP contribution >= 0.6 is 22.7 Å². The third-order valence-electron chi connectivity index (χ3n) is 4.23. The number of nitrogens with one attached hydrogen (secondary N) is 3. The molecule has 0 saturated carbocycles. The quantitative estimate of drug-likeness (QED) is 0.473. The number of rotatable bonds is 5. The molecule has 0 bridgehead atoms. The number of benzene rings is 1. The number of hydrogen-bond donors (Lipinski definition) is 3. The van der Waals surface area contributed by atoms with Crippen LogP contribution in [0.2, 0.25) is 0 Å². The fourth-order valence-electron chi connectivity index (χ4n) is 2.85. The lowest BCUT2D eigenvalue weighted by Crippen LogP contribution is -2.13. The first-order valence-corrected chi connectivity index (χ1v) is 10.1. The van der Waals surface area contributed by atoms with Gasteiger partial charge in [0.2, 0.25) is 5.13 Å². The fourth-order valence-corrected chi connectivity index (χ4v) is 4.27. The molecule has 3 heterocycles. The van der Waals surface area contributed by atoms with E-state index in [1.54, 1.807) is 0 Å². The average molecular weight is 399 g/mol. The number of aromatic amines is 1. The van der Waals surface area contributed by atoms with Crippen molar-refractivity contribution in [1.82, 2.24) is 20.2 Å². The van der Waals surface area contributed by atoms with Crippen molar-refractivity contribution >= 4 is 49.7 Å². The Morgan fingerprint density at radius 1 is 1.22 bits per heavy atom. The predicted molar refractivity (Wildman–Crippen MR) is 110 cm³/mol. The van der Waals surface area contributed by atoms with Crippen LogP contribution < -0.4 is 10.6 Å². The highest BCUT2D eigenvalue weighted by atomic mass is 32.1. The molecule has 7 nitrogen and oxygen atoms in total. The number of hydrogen-bond acceptors (Lipinski definition) is 7. The van der Waals surface area contributed by atoms with Crippen LogP contribution in [0.3, 0.4) is 0 Å². The number of carbonyl (C=O) groups excluding carboxylic acids is 1. The van der Waals surface area contributed by atoms with Gasteiger partial charge in [-0.25, -0.2) is 4.98 Å². The Hall–Kier alpha value is -2.78. The summed E-state index contributed by atoms with van der Waals surface area (Å²) < 4.78 is 0. The SMILES string of the molecule is CNc1nnc(Cc2csc(NC(=O)c3[nH]c4ccc(C)cc4c3C)n2)s1. The number of H-pyrrole nitrogens is 1. The molecule has 3 aromatic heterocycles. The smallest absolute Gasteiger partial charge is 0.274 e. The average Bonchev–Trinajstić information content (AvgIpc) is 3.36. The molecule has 0 unspecified atom stereocenters. The zero-order chi connectivity index (χ0) is 19.0. The standard InChI is InChI=1S/C18H18N6OS2/c1-9-4-5-13-12(6-9)10(2)15(21-13)16(25)22-18-20-11(8-26-18)7-14-23-24-17(19-3)27-14/h4-6,8,21H,7H2,1-3H3,(H,19,24)(H,20,22,25). The molecule has 0 fully saturated rings. The van der Waals surface area contributed by atoms with Crippen LogP contribution in [-0.4, -0.2) is 33.1 Å². The molecule has 0 saturated heterocycles. The van der Waals surface area contributed by atoms with Crippen molar-refractivity contribution < 1.29 is 4.79 Å². The summed E-state index contributed by atoms with van der Waals surface area (Å²) in [5.41, 5.74) is 4.49. The van der Waals surface area contributed by atoms with E-state index in [1.807, 2.05) is 38.4 Å². The van der Waals surface area contributed by atoms with E-state index in [2.05, 4.69) is 36.9 Å². The molecule has 3 N–H and O–H groups in total. The number of nitrogens with zero attached hydrogens (tertiary/aromatic N) is 3. The number of amides is 1. The summed E-state index contributed by atoms with van der Waals surface area (Å²) in [5, 5.41) is 19.2. The zero-order valence-corrected chi connectivity index (χ0v) is 16.7. The predicted octanol–water partition coefficient (Wildman–Crippen LogP) is 3.98. The summed E-state index contributed by atoms with van der Waals surface area (Å²) in [4.78, 5) is 20.4. The number of aromatic nitrogens is 4. The third-order valence-corrected chi connectivity index (χ3v) is 5.97. The lowest BCUT2D eigenvalue weighted by Gasteiger charge is -2.00. The third kappa shape index (κ3) is 3.56. The van der Waals surface area contributed by atoms with Gasteiger partial charge in [-0.2, -0.15) is 0 Å². The maximum atomic E-state index is 12.7. The summed E-state index contributed by atoms with van der Waals surface area (Å²) in [6.07, 6.45) is 0.594. The largest absolute Gasteiger partial charge is 0.363 e. The highest BCUT2D eigenvalue weighted by Crippen LogP contribution is 2.25.